The normalized spacial score (nSPS) is 30.7. The fourth-order valence-corrected chi connectivity index (χ4v) is 1.73. The third kappa shape index (κ3) is 2.12. The van der Waals surface area contributed by atoms with Crippen LogP contribution in [0.15, 0.2) is 0 Å². The summed E-state index contributed by atoms with van der Waals surface area (Å²) < 4.78 is 0. The zero-order valence-electron chi connectivity index (χ0n) is 8.40. The number of carbonyl (C=O) groups is 2. The first kappa shape index (κ1) is 10.4. The van der Waals surface area contributed by atoms with Gasteiger partial charge in [0.05, 0.1) is 18.4 Å². The van der Waals surface area contributed by atoms with Gasteiger partial charge in [0, 0.05) is 12.0 Å². The number of aliphatic carboxylic acids is 1. The molecule has 0 aromatic rings. The molecule has 5 nitrogen and oxygen atoms in total. The van der Waals surface area contributed by atoms with E-state index in [1.165, 1.54) is 0 Å². The van der Waals surface area contributed by atoms with Gasteiger partial charge >= 0.3 is 5.97 Å². The van der Waals surface area contributed by atoms with Gasteiger partial charge in [0.1, 0.15) is 0 Å². The summed E-state index contributed by atoms with van der Waals surface area (Å²) in [6, 6.07) is 0. The number of carbonyl (C=O) groups excluding carboxylic acids is 1. The second-order valence-electron chi connectivity index (χ2n) is 4.66. The van der Waals surface area contributed by atoms with Gasteiger partial charge in [-0.3, -0.25) is 9.59 Å². The van der Waals surface area contributed by atoms with Crippen LogP contribution in [0.25, 0.3) is 0 Å². The minimum atomic E-state index is -0.890. The van der Waals surface area contributed by atoms with Crippen LogP contribution in [0.2, 0.25) is 0 Å². The molecule has 0 bridgehead atoms. The van der Waals surface area contributed by atoms with Crippen LogP contribution < -0.4 is 5.32 Å². The summed E-state index contributed by atoms with van der Waals surface area (Å²) in [6.07, 6.45) is 2.33. The lowest BCUT2D eigenvalue weighted by Gasteiger charge is -2.12. The molecule has 0 heterocycles. The predicted molar refractivity (Wildman–Crippen MR) is 51.0 cm³/mol. The van der Waals surface area contributed by atoms with Crippen LogP contribution in [0.4, 0.5) is 0 Å². The maximum atomic E-state index is 11.5. The molecule has 2 saturated carbocycles. The van der Waals surface area contributed by atoms with Gasteiger partial charge in [0.2, 0.25) is 5.91 Å². The number of amides is 1. The summed E-state index contributed by atoms with van der Waals surface area (Å²) in [7, 11) is 0. The van der Waals surface area contributed by atoms with E-state index in [1.54, 1.807) is 0 Å². The molecular weight excluding hydrogens is 198 g/mol. The molecule has 1 amide bonds. The van der Waals surface area contributed by atoms with Gasteiger partial charge in [0.25, 0.3) is 0 Å². The lowest BCUT2D eigenvalue weighted by molar-refractivity contribution is -0.140. The topological polar surface area (TPSA) is 86.6 Å². The molecule has 2 aliphatic carbocycles. The molecule has 2 aliphatic rings. The molecule has 0 aromatic carbocycles. The standard InChI is InChI=1S/C10H15NO4/c12-5-10(1-2-10)4-11-8(13)6-3-7(6)9(14)15/h6-7,12H,1-5H2,(H,11,13)(H,14,15). The number of carboxylic acids is 1. The van der Waals surface area contributed by atoms with Crippen LogP contribution in [-0.2, 0) is 9.59 Å². The Morgan fingerprint density at radius 2 is 2.00 bits per heavy atom. The van der Waals surface area contributed by atoms with E-state index in [0.717, 1.165) is 12.8 Å². The van der Waals surface area contributed by atoms with Gasteiger partial charge in [-0.25, -0.2) is 0 Å². The quantitative estimate of drug-likeness (QED) is 0.579. The lowest BCUT2D eigenvalue weighted by atomic mass is 10.1. The first-order valence-electron chi connectivity index (χ1n) is 5.19. The van der Waals surface area contributed by atoms with E-state index in [2.05, 4.69) is 5.32 Å². The molecule has 84 valence electrons. The van der Waals surface area contributed by atoms with Gasteiger partial charge in [-0.2, -0.15) is 0 Å². The Morgan fingerprint density at radius 1 is 1.33 bits per heavy atom. The highest BCUT2D eigenvalue weighted by Crippen LogP contribution is 2.45. The summed E-state index contributed by atoms with van der Waals surface area (Å²) in [5.74, 6) is -1.91. The second kappa shape index (κ2) is 3.48. The number of hydrogen-bond acceptors (Lipinski definition) is 3. The van der Waals surface area contributed by atoms with Crippen molar-refractivity contribution in [1.82, 2.24) is 5.32 Å². The fraction of sp³-hybridized carbons (Fsp3) is 0.800. The Bertz CT molecular complexity index is 298. The number of nitrogens with one attached hydrogen (secondary N) is 1. The minimum absolute atomic E-state index is 0.0975. The van der Waals surface area contributed by atoms with Gasteiger partial charge in [0.15, 0.2) is 0 Å². The first-order chi connectivity index (χ1) is 7.08. The third-order valence-corrected chi connectivity index (χ3v) is 3.37. The highest BCUT2D eigenvalue weighted by atomic mass is 16.4. The van der Waals surface area contributed by atoms with Crippen LogP contribution in [0.1, 0.15) is 19.3 Å². The van der Waals surface area contributed by atoms with E-state index in [4.69, 9.17) is 10.2 Å². The van der Waals surface area contributed by atoms with Crippen LogP contribution in [-0.4, -0.2) is 35.2 Å². The minimum Gasteiger partial charge on any atom is -0.481 e. The Balaban J connectivity index is 1.73. The summed E-state index contributed by atoms with van der Waals surface area (Å²) in [5, 5.41) is 20.4. The molecule has 15 heavy (non-hydrogen) atoms. The molecule has 2 unspecified atom stereocenters. The van der Waals surface area contributed by atoms with Crippen molar-refractivity contribution in [3.05, 3.63) is 0 Å². The SMILES string of the molecule is O=C(O)C1CC1C(=O)NCC1(CO)CC1. The lowest BCUT2D eigenvalue weighted by Crippen LogP contribution is -2.33. The number of aliphatic hydroxyl groups is 1. The summed E-state index contributed by atoms with van der Waals surface area (Å²) in [5.41, 5.74) is -0.108. The van der Waals surface area contributed by atoms with E-state index in [0.29, 0.717) is 13.0 Å². The van der Waals surface area contributed by atoms with E-state index in [9.17, 15) is 9.59 Å². The Kier molecular flexibility index (Phi) is 2.42. The zero-order valence-corrected chi connectivity index (χ0v) is 8.40. The molecule has 5 heteroatoms. The van der Waals surface area contributed by atoms with Crippen LogP contribution >= 0.6 is 0 Å². The number of rotatable bonds is 5. The fourth-order valence-electron chi connectivity index (χ4n) is 1.73. The van der Waals surface area contributed by atoms with Crippen molar-refractivity contribution < 1.29 is 19.8 Å². The molecule has 2 fully saturated rings. The number of carboxylic acid groups (broad SMARTS) is 1. The van der Waals surface area contributed by atoms with Crippen molar-refractivity contribution in [2.24, 2.45) is 17.3 Å². The van der Waals surface area contributed by atoms with Crippen LogP contribution in [0.3, 0.4) is 0 Å². The zero-order chi connectivity index (χ0) is 11.1. The molecule has 0 spiro atoms. The molecule has 3 N–H and O–H groups in total. The Morgan fingerprint density at radius 3 is 2.40 bits per heavy atom. The second-order valence-corrected chi connectivity index (χ2v) is 4.66. The highest BCUT2D eigenvalue weighted by molar-refractivity contribution is 5.89. The van der Waals surface area contributed by atoms with Gasteiger partial charge < -0.3 is 15.5 Å². The molecule has 0 radical (unpaired) electrons. The largest absolute Gasteiger partial charge is 0.481 e. The Hall–Kier alpha value is -1.10. The van der Waals surface area contributed by atoms with Crippen LogP contribution in [0, 0.1) is 17.3 Å². The molecule has 0 aliphatic heterocycles. The van der Waals surface area contributed by atoms with Gasteiger partial charge in [-0.05, 0) is 19.3 Å². The number of aliphatic hydroxyl groups excluding tert-OH is 1. The summed E-state index contributed by atoms with van der Waals surface area (Å²) >= 11 is 0. The molecule has 0 aromatic heterocycles. The van der Waals surface area contributed by atoms with E-state index < -0.39 is 11.9 Å². The summed E-state index contributed by atoms with van der Waals surface area (Å²) in [6.45, 7) is 0.575. The van der Waals surface area contributed by atoms with Gasteiger partial charge in [-0.1, -0.05) is 0 Å². The average Bonchev–Trinajstić information content (AvgIpc) is 3.08. The molecule has 2 atom stereocenters. The van der Waals surface area contributed by atoms with Crippen molar-refractivity contribution in [2.45, 2.75) is 19.3 Å². The van der Waals surface area contributed by atoms with Crippen molar-refractivity contribution >= 4 is 11.9 Å². The van der Waals surface area contributed by atoms with E-state index in [-0.39, 0.29) is 23.8 Å². The van der Waals surface area contributed by atoms with Crippen molar-refractivity contribution in [3.63, 3.8) is 0 Å². The Labute approximate surface area is 87.5 Å². The average molecular weight is 213 g/mol. The van der Waals surface area contributed by atoms with Crippen LogP contribution in [0.5, 0.6) is 0 Å². The van der Waals surface area contributed by atoms with Crippen molar-refractivity contribution in [1.29, 1.82) is 0 Å². The maximum absolute atomic E-state index is 11.5. The van der Waals surface area contributed by atoms with Gasteiger partial charge in [-0.15, -0.1) is 0 Å². The summed E-state index contributed by atoms with van der Waals surface area (Å²) in [4.78, 5) is 22.0. The third-order valence-electron chi connectivity index (χ3n) is 3.37. The predicted octanol–water partition coefficient (Wildman–Crippen LogP) is -0.404. The smallest absolute Gasteiger partial charge is 0.307 e. The molecule has 2 rings (SSSR count). The molecular formula is C10H15NO4. The monoisotopic (exact) mass is 213 g/mol. The molecule has 0 saturated heterocycles. The van der Waals surface area contributed by atoms with E-state index >= 15 is 0 Å². The maximum Gasteiger partial charge on any atom is 0.307 e. The van der Waals surface area contributed by atoms with Crippen molar-refractivity contribution in [2.75, 3.05) is 13.2 Å². The first-order valence-corrected chi connectivity index (χ1v) is 5.19. The van der Waals surface area contributed by atoms with E-state index in [1.807, 2.05) is 0 Å². The van der Waals surface area contributed by atoms with Crippen molar-refractivity contribution in [3.8, 4) is 0 Å². The highest BCUT2D eigenvalue weighted by Gasteiger charge is 2.49. The number of hydrogen-bond donors (Lipinski definition) is 3.